The molecule has 1 aliphatic heterocycles. The van der Waals surface area contributed by atoms with Gasteiger partial charge in [-0.05, 0) is 61.0 Å². The number of hydrogen-bond donors (Lipinski definition) is 2. The molecule has 30 heavy (non-hydrogen) atoms. The van der Waals surface area contributed by atoms with Gasteiger partial charge < -0.3 is 19.8 Å². The van der Waals surface area contributed by atoms with Gasteiger partial charge in [-0.15, -0.1) is 0 Å². The van der Waals surface area contributed by atoms with Gasteiger partial charge in [-0.1, -0.05) is 0 Å². The second-order valence-corrected chi connectivity index (χ2v) is 8.09. The molecule has 0 radical (unpaired) electrons. The maximum absolute atomic E-state index is 12.1. The normalized spacial score (nSPS) is 13.2. The summed E-state index contributed by atoms with van der Waals surface area (Å²) >= 11 is 3.59. The highest BCUT2D eigenvalue weighted by atomic mass is 79.9. The molecular formula is C22H23BrN4O3. The highest BCUT2D eigenvalue weighted by Gasteiger charge is 2.21. The van der Waals surface area contributed by atoms with Crippen LogP contribution in [0, 0.1) is 0 Å². The minimum atomic E-state index is -0.0564. The number of ether oxygens (including phenoxy) is 2. The molecule has 3 heterocycles. The zero-order valence-electron chi connectivity index (χ0n) is 17.1. The first-order valence-electron chi connectivity index (χ1n) is 9.93. The molecule has 4 rings (SSSR count). The Kier molecular flexibility index (Phi) is 5.76. The minimum absolute atomic E-state index is 0.0158. The van der Waals surface area contributed by atoms with E-state index in [1.807, 2.05) is 45.0 Å². The Morgan fingerprint density at radius 3 is 2.83 bits per heavy atom. The van der Waals surface area contributed by atoms with Crippen molar-refractivity contribution >= 4 is 21.8 Å². The summed E-state index contributed by atoms with van der Waals surface area (Å²) in [6.45, 7) is 7.03. The number of amides is 1. The number of hydrogen-bond acceptors (Lipinski definition) is 5. The number of fused-ring (bicyclic) bond motifs is 1. The van der Waals surface area contributed by atoms with Crippen LogP contribution in [0.3, 0.4) is 0 Å². The largest absolute Gasteiger partial charge is 0.490 e. The van der Waals surface area contributed by atoms with Gasteiger partial charge in [-0.25, -0.2) is 9.97 Å². The Hall–Kier alpha value is -2.87. The number of carbonyl (C=O) groups excluding carboxylic acids is 1. The first kappa shape index (κ1) is 20.4. The zero-order chi connectivity index (χ0) is 21.3. The highest BCUT2D eigenvalue weighted by molar-refractivity contribution is 9.10. The molecule has 0 spiro atoms. The van der Waals surface area contributed by atoms with Crippen LogP contribution in [-0.2, 0) is 6.42 Å². The van der Waals surface area contributed by atoms with Gasteiger partial charge >= 0.3 is 0 Å². The van der Waals surface area contributed by atoms with Gasteiger partial charge in [0.2, 0.25) is 0 Å². The average Bonchev–Trinajstić information content (AvgIpc) is 3.16. The van der Waals surface area contributed by atoms with E-state index >= 15 is 0 Å². The quantitative estimate of drug-likeness (QED) is 0.557. The van der Waals surface area contributed by atoms with Crippen molar-refractivity contribution in [2.24, 2.45) is 0 Å². The van der Waals surface area contributed by atoms with Crippen molar-refractivity contribution in [3.8, 4) is 34.3 Å². The number of nitrogens with zero attached hydrogens (tertiary/aromatic N) is 2. The van der Waals surface area contributed by atoms with E-state index in [9.17, 15) is 4.79 Å². The number of aromatic amines is 1. The van der Waals surface area contributed by atoms with Crippen molar-refractivity contribution < 1.29 is 14.3 Å². The SMILES string of the molecule is CCOc1cc(-c2nccc(-c3cc4c([nH]3)CCNC4=O)n2)cc(Br)c1OC(C)C. The number of aromatic nitrogens is 3. The van der Waals surface area contributed by atoms with Crippen molar-refractivity contribution in [3.63, 3.8) is 0 Å². The molecule has 1 amide bonds. The maximum atomic E-state index is 12.1. The monoisotopic (exact) mass is 470 g/mol. The van der Waals surface area contributed by atoms with Gasteiger partial charge in [-0.3, -0.25) is 4.79 Å². The lowest BCUT2D eigenvalue weighted by molar-refractivity contribution is 0.0946. The molecule has 1 aliphatic rings. The second-order valence-electron chi connectivity index (χ2n) is 7.23. The van der Waals surface area contributed by atoms with Gasteiger partial charge in [0.05, 0.1) is 34.1 Å². The second kappa shape index (κ2) is 8.47. The summed E-state index contributed by atoms with van der Waals surface area (Å²) in [7, 11) is 0. The molecular weight excluding hydrogens is 448 g/mol. The van der Waals surface area contributed by atoms with E-state index in [4.69, 9.17) is 14.5 Å². The van der Waals surface area contributed by atoms with Crippen LogP contribution in [0.5, 0.6) is 11.5 Å². The van der Waals surface area contributed by atoms with Crippen molar-refractivity contribution in [1.29, 1.82) is 0 Å². The average molecular weight is 471 g/mol. The topological polar surface area (TPSA) is 89.1 Å². The minimum Gasteiger partial charge on any atom is -0.490 e. The van der Waals surface area contributed by atoms with Crippen molar-refractivity contribution in [3.05, 3.63) is 46.2 Å². The summed E-state index contributed by atoms with van der Waals surface area (Å²) in [4.78, 5) is 24.6. The lowest BCUT2D eigenvalue weighted by Gasteiger charge is -2.17. The summed E-state index contributed by atoms with van der Waals surface area (Å²) in [5, 5.41) is 2.86. The van der Waals surface area contributed by atoms with Crippen LogP contribution < -0.4 is 14.8 Å². The molecule has 0 atom stereocenters. The third-order valence-electron chi connectivity index (χ3n) is 4.66. The summed E-state index contributed by atoms with van der Waals surface area (Å²) in [5.41, 5.74) is 3.93. The Balaban J connectivity index is 1.73. The van der Waals surface area contributed by atoms with E-state index < -0.39 is 0 Å². The van der Waals surface area contributed by atoms with Crippen molar-refractivity contribution in [1.82, 2.24) is 20.3 Å². The molecule has 1 aromatic carbocycles. The Morgan fingerprint density at radius 1 is 1.27 bits per heavy atom. The first-order chi connectivity index (χ1) is 14.5. The lowest BCUT2D eigenvalue weighted by atomic mass is 10.1. The number of halogens is 1. The number of H-pyrrole nitrogens is 1. The van der Waals surface area contributed by atoms with E-state index in [2.05, 4.69) is 31.2 Å². The molecule has 3 aromatic rings. The molecule has 8 heteroatoms. The van der Waals surface area contributed by atoms with E-state index in [0.717, 1.165) is 33.5 Å². The van der Waals surface area contributed by atoms with E-state index in [0.29, 0.717) is 36.0 Å². The van der Waals surface area contributed by atoms with Crippen molar-refractivity contribution in [2.45, 2.75) is 33.3 Å². The van der Waals surface area contributed by atoms with E-state index in [-0.39, 0.29) is 12.0 Å². The predicted octanol–water partition coefficient (Wildman–Crippen LogP) is 4.37. The predicted molar refractivity (Wildman–Crippen MR) is 118 cm³/mol. The van der Waals surface area contributed by atoms with Crippen LogP contribution in [0.4, 0.5) is 0 Å². The van der Waals surface area contributed by atoms with Crippen LogP contribution in [0.15, 0.2) is 34.9 Å². The molecule has 156 valence electrons. The summed E-state index contributed by atoms with van der Waals surface area (Å²) in [6, 6.07) is 7.48. The van der Waals surface area contributed by atoms with Gasteiger partial charge in [0, 0.05) is 30.4 Å². The standard InChI is InChI=1S/C22H23BrN4O3/c1-4-29-19-10-13(9-15(23)20(19)30-12(2)3)21-24-7-6-17(27-21)18-11-14-16(26-18)5-8-25-22(14)28/h6-7,9-12,26H,4-5,8H2,1-3H3,(H,25,28). The van der Waals surface area contributed by atoms with Crippen molar-refractivity contribution in [2.75, 3.05) is 13.2 Å². The summed E-state index contributed by atoms with van der Waals surface area (Å²) in [6.07, 6.45) is 2.51. The molecule has 0 unspecified atom stereocenters. The van der Waals surface area contributed by atoms with Gasteiger partial charge in [-0.2, -0.15) is 0 Å². The number of nitrogens with one attached hydrogen (secondary N) is 2. The number of rotatable bonds is 6. The Morgan fingerprint density at radius 2 is 2.10 bits per heavy atom. The fraction of sp³-hybridized carbons (Fsp3) is 0.318. The zero-order valence-corrected chi connectivity index (χ0v) is 18.7. The summed E-state index contributed by atoms with van der Waals surface area (Å²) in [5.74, 6) is 1.80. The first-order valence-corrected chi connectivity index (χ1v) is 10.7. The molecule has 2 aromatic heterocycles. The maximum Gasteiger partial charge on any atom is 0.253 e. The van der Waals surface area contributed by atoms with Gasteiger partial charge in [0.1, 0.15) is 0 Å². The van der Waals surface area contributed by atoms with Gasteiger partial charge in [0.25, 0.3) is 5.91 Å². The Bertz CT molecular complexity index is 1090. The number of carbonyl (C=O) groups is 1. The molecule has 0 saturated carbocycles. The third kappa shape index (κ3) is 4.05. The molecule has 0 bridgehead atoms. The third-order valence-corrected chi connectivity index (χ3v) is 5.25. The Labute approximate surface area is 183 Å². The molecule has 0 fully saturated rings. The smallest absolute Gasteiger partial charge is 0.253 e. The summed E-state index contributed by atoms with van der Waals surface area (Å²) < 4.78 is 12.5. The molecule has 2 N–H and O–H groups in total. The van der Waals surface area contributed by atoms with Crippen LogP contribution in [0.2, 0.25) is 0 Å². The van der Waals surface area contributed by atoms with E-state index in [1.54, 1.807) is 6.20 Å². The fourth-order valence-corrected chi connectivity index (χ4v) is 3.92. The lowest BCUT2D eigenvalue weighted by Crippen LogP contribution is -2.31. The van der Waals surface area contributed by atoms with E-state index in [1.165, 1.54) is 0 Å². The number of benzene rings is 1. The molecule has 0 saturated heterocycles. The highest BCUT2D eigenvalue weighted by Crippen LogP contribution is 2.40. The van der Waals surface area contributed by atoms with Gasteiger partial charge in [0.15, 0.2) is 17.3 Å². The van der Waals surface area contributed by atoms with Crippen LogP contribution in [-0.4, -0.2) is 40.1 Å². The van der Waals surface area contributed by atoms with Crippen LogP contribution in [0.25, 0.3) is 22.8 Å². The molecule has 7 nitrogen and oxygen atoms in total. The van der Waals surface area contributed by atoms with Crippen LogP contribution >= 0.6 is 15.9 Å². The molecule has 0 aliphatic carbocycles. The van der Waals surface area contributed by atoms with Crippen LogP contribution in [0.1, 0.15) is 36.8 Å². The fourth-order valence-electron chi connectivity index (χ4n) is 3.39.